The predicted octanol–water partition coefficient (Wildman–Crippen LogP) is 5.09. The molecule has 2 aromatic carbocycles. The van der Waals surface area contributed by atoms with E-state index in [2.05, 4.69) is 0 Å². The largest absolute Gasteiger partial charge is 0.243 e. The van der Waals surface area contributed by atoms with Gasteiger partial charge in [-0.1, -0.05) is 67.9 Å². The summed E-state index contributed by atoms with van der Waals surface area (Å²) in [5, 5.41) is 0.520. The Morgan fingerprint density at radius 2 is 1.60 bits per heavy atom. The van der Waals surface area contributed by atoms with E-state index in [0.717, 1.165) is 5.56 Å². The first kappa shape index (κ1) is 19.7. The highest BCUT2D eigenvalue weighted by molar-refractivity contribution is 7.89. The number of rotatable bonds is 7. The zero-order chi connectivity index (χ0) is 18.4. The third-order valence-corrected chi connectivity index (χ3v) is 6.45. The SMILES string of the molecule is CC(C)[C@H](C)N(C/C=C/c1ccccc1)S(=O)(=O)c1ccc(Cl)cc1. The fourth-order valence-corrected chi connectivity index (χ4v) is 4.25. The van der Waals surface area contributed by atoms with E-state index in [4.69, 9.17) is 11.6 Å². The summed E-state index contributed by atoms with van der Waals surface area (Å²) < 4.78 is 27.7. The van der Waals surface area contributed by atoms with Crippen molar-refractivity contribution in [3.05, 3.63) is 71.3 Å². The average Bonchev–Trinajstić information content (AvgIpc) is 2.59. The molecule has 25 heavy (non-hydrogen) atoms. The van der Waals surface area contributed by atoms with E-state index in [1.807, 2.05) is 63.3 Å². The Labute approximate surface area is 156 Å². The molecule has 5 heteroatoms. The van der Waals surface area contributed by atoms with Crippen molar-refractivity contribution < 1.29 is 8.42 Å². The Morgan fingerprint density at radius 1 is 1.00 bits per heavy atom. The molecule has 0 unspecified atom stereocenters. The van der Waals surface area contributed by atoms with E-state index in [1.165, 1.54) is 0 Å². The third kappa shape index (κ3) is 5.18. The highest BCUT2D eigenvalue weighted by atomic mass is 35.5. The van der Waals surface area contributed by atoms with Gasteiger partial charge in [-0.2, -0.15) is 4.31 Å². The molecule has 0 aliphatic rings. The quantitative estimate of drug-likeness (QED) is 0.674. The second kappa shape index (κ2) is 8.65. The maximum atomic E-state index is 13.1. The summed E-state index contributed by atoms with van der Waals surface area (Å²) in [5.74, 6) is 0.201. The minimum Gasteiger partial charge on any atom is -0.207 e. The molecule has 0 bridgehead atoms. The summed E-state index contributed by atoms with van der Waals surface area (Å²) in [7, 11) is -3.59. The van der Waals surface area contributed by atoms with Crippen molar-refractivity contribution in [1.82, 2.24) is 4.31 Å². The normalized spacial score (nSPS) is 13.7. The average molecular weight is 378 g/mol. The van der Waals surface area contributed by atoms with Crippen molar-refractivity contribution >= 4 is 27.7 Å². The molecular weight excluding hydrogens is 354 g/mol. The number of hydrogen-bond acceptors (Lipinski definition) is 2. The van der Waals surface area contributed by atoms with Crippen molar-refractivity contribution in [2.24, 2.45) is 5.92 Å². The minimum absolute atomic E-state index is 0.124. The van der Waals surface area contributed by atoms with Gasteiger partial charge in [-0.25, -0.2) is 8.42 Å². The van der Waals surface area contributed by atoms with Gasteiger partial charge in [0.25, 0.3) is 0 Å². The zero-order valence-electron chi connectivity index (χ0n) is 14.8. The second-order valence-corrected chi connectivity index (χ2v) is 8.65. The second-order valence-electron chi connectivity index (χ2n) is 6.33. The van der Waals surface area contributed by atoms with Crippen molar-refractivity contribution in [3.8, 4) is 0 Å². The van der Waals surface area contributed by atoms with Crippen molar-refractivity contribution in [2.75, 3.05) is 6.54 Å². The third-order valence-electron chi connectivity index (χ3n) is 4.23. The van der Waals surface area contributed by atoms with Crippen LogP contribution in [0.25, 0.3) is 6.08 Å². The van der Waals surface area contributed by atoms with Crippen molar-refractivity contribution in [1.29, 1.82) is 0 Å². The zero-order valence-corrected chi connectivity index (χ0v) is 16.3. The summed E-state index contributed by atoms with van der Waals surface area (Å²) in [6.07, 6.45) is 3.83. The van der Waals surface area contributed by atoms with Crippen molar-refractivity contribution in [3.63, 3.8) is 0 Å². The highest BCUT2D eigenvalue weighted by Crippen LogP contribution is 2.23. The van der Waals surface area contributed by atoms with Gasteiger partial charge in [0.1, 0.15) is 0 Å². The van der Waals surface area contributed by atoms with Gasteiger partial charge in [0, 0.05) is 17.6 Å². The molecule has 134 valence electrons. The van der Waals surface area contributed by atoms with Crippen LogP contribution in [0.4, 0.5) is 0 Å². The Hall–Kier alpha value is -1.62. The van der Waals surface area contributed by atoms with Crippen LogP contribution in [0.15, 0.2) is 65.6 Å². The molecule has 0 saturated heterocycles. The summed E-state index contributed by atoms with van der Waals surface area (Å²) in [6, 6.07) is 16.0. The van der Waals surface area contributed by atoms with Gasteiger partial charge in [-0.05, 0) is 42.7 Å². The summed E-state index contributed by atoms with van der Waals surface area (Å²) >= 11 is 5.89. The van der Waals surface area contributed by atoms with Crippen LogP contribution in [0.5, 0.6) is 0 Å². The maximum absolute atomic E-state index is 13.1. The molecule has 3 nitrogen and oxygen atoms in total. The van der Waals surface area contributed by atoms with Crippen LogP contribution in [0.2, 0.25) is 5.02 Å². The Morgan fingerprint density at radius 3 is 2.16 bits per heavy atom. The molecule has 0 N–H and O–H groups in total. The Kier molecular flexibility index (Phi) is 6.82. The fraction of sp³-hybridized carbons (Fsp3) is 0.300. The molecule has 0 fully saturated rings. The smallest absolute Gasteiger partial charge is 0.207 e. The molecule has 0 saturated carbocycles. The lowest BCUT2D eigenvalue weighted by atomic mass is 10.1. The van der Waals surface area contributed by atoms with E-state index in [1.54, 1.807) is 28.6 Å². The van der Waals surface area contributed by atoms with E-state index in [0.29, 0.717) is 11.6 Å². The first-order chi connectivity index (χ1) is 11.8. The molecule has 2 rings (SSSR count). The summed E-state index contributed by atoms with van der Waals surface area (Å²) in [5.41, 5.74) is 1.04. The summed E-state index contributed by atoms with van der Waals surface area (Å²) in [4.78, 5) is 0.262. The first-order valence-corrected chi connectivity index (χ1v) is 10.1. The van der Waals surface area contributed by atoms with E-state index >= 15 is 0 Å². The van der Waals surface area contributed by atoms with Gasteiger partial charge in [-0.3, -0.25) is 0 Å². The molecule has 2 aromatic rings. The van der Waals surface area contributed by atoms with Gasteiger partial charge >= 0.3 is 0 Å². The standard InChI is InChI=1S/C20H24ClNO2S/c1-16(2)17(3)22(15-7-10-18-8-5-4-6-9-18)25(23,24)20-13-11-19(21)12-14-20/h4-14,16-17H,15H2,1-3H3/b10-7+/t17-/m0/s1. The van der Waals surface area contributed by atoms with Crippen LogP contribution in [-0.4, -0.2) is 25.3 Å². The minimum atomic E-state index is -3.59. The van der Waals surface area contributed by atoms with Crippen LogP contribution >= 0.6 is 11.6 Å². The molecule has 1 atom stereocenters. The molecule has 0 aliphatic carbocycles. The predicted molar refractivity (Wildman–Crippen MR) is 105 cm³/mol. The topological polar surface area (TPSA) is 37.4 Å². The molecular formula is C20H24ClNO2S. The molecule has 0 amide bonds. The van der Waals surface area contributed by atoms with Gasteiger partial charge in [0.2, 0.25) is 10.0 Å². The number of benzene rings is 2. The van der Waals surface area contributed by atoms with Gasteiger partial charge in [-0.15, -0.1) is 0 Å². The Bertz CT molecular complexity index is 799. The van der Waals surface area contributed by atoms with Crippen LogP contribution in [0.3, 0.4) is 0 Å². The monoisotopic (exact) mass is 377 g/mol. The van der Waals surface area contributed by atoms with E-state index in [-0.39, 0.29) is 16.9 Å². The Balaban J connectivity index is 2.29. The maximum Gasteiger partial charge on any atom is 0.243 e. The van der Waals surface area contributed by atoms with Crippen LogP contribution in [0, 0.1) is 5.92 Å². The molecule has 0 spiro atoms. The van der Waals surface area contributed by atoms with Crippen molar-refractivity contribution in [2.45, 2.75) is 31.7 Å². The van der Waals surface area contributed by atoms with Gasteiger partial charge < -0.3 is 0 Å². The number of nitrogens with zero attached hydrogens (tertiary/aromatic N) is 1. The molecule has 0 radical (unpaired) electrons. The lowest BCUT2D eigenvalue weighted by Gasteiger charge is -2.30. The molecule has 0 heterocycles. The van der Waals surface area contributed by atoms with Crippen LogP contribution in [-0.2, 0) is 10.0 Å². The number of halogens is 1. The van der Waals surface area contributed by atoms with E-state index in [9.17, 15) is 8.42 Å². The summed E-state index contributed by atoms with van der Waals surface area (Å²) in [6.45, 7) is 6.31. The lowest BCUT2D eigenvalue weighted by molar-refractivity contribution is 0.296. The van der Waals surface area contributed by atoms with Crippen LogP contribution < -0.4 is 0 Å². The van der Waals surface area contributed by atoms with Gasteiger partial charge in [0.05, 0.1) is 4.90 Å². The molecule has 0 aromatic heterocycles. The fourth-order valence-electron chi connectivity index (χ4n) is 2.41. The lowest BCUT2D eigenvalue weighted by Crippen LogP contribution is -2.41. The van der Waals surface area contributed by atoms with E-state index < -0.39 is 10.0 Å². The van der Waals surface area contributed by atoms with Gasteiger partial charge in [0.15, 0.2) is 0 Å². The number of sulfonamides is 1. The molecule has 0 aliphatic heterocycles. The first-order valence-electron chi connectivity index (χ1n) is 8.31. The number of hydrogen-bond donors (Lipinski definition) is 0. The highest BCUT2D eigenvalue weighted by Gasteiger charge is 2.29. The van der Waals surface area contributed by atoms with Crippen LogP contribution in [0.1, 0.15) is 26.3 Å².